The fourth-order valence-corrected chi connectivity index (χ4v) is 1.62. The van der Waals surface area contributed by atoms with Gasteiger partial charge in [-0.2, -0.15) is 0 Å². The van der Waals surface area contributed by atoms with Gasteiger partial charge in [-0.15, -0.1) is 0 Å². The molecule has 0 heterocycles. The minimum atomic E-state index is -1.12. The van der Waals surface area contributed by atoms with Gasteiger partial charge in [0.15, 0.2) is 0 Å². The van der Waals surface area contributed by atoms with Gasteiger partial charge in [-0.05, 0) is 12.8 Å². The molecule has 0 bridgehead atoms. The van der Waals surface area contributed by atoms with Crippen molar-refractivity contribution in [3.05, 3.63) is 0 Å². The standard InChI is InChI=1S/C7H15BO2/c1-7(8(9)10)5-3-2-4-6-7/h9-10H,2-6H2,1H3. The largest absolute Gasteiger partial charge is 0.457 e. The molecule has 0 saturated heterocycles. The lowest BCUT2D eigenvalue weighted by molar-refractivity contribution is 0.289. The van der Waals surface area contributed by atoms with E-state index in [1.165, 1.54) is 6.42 Å². The molecule has 0 spiro atoms. The first-order chi connectivity index (χ1) is 4.65. The SMILES string of the molecule is CC1(B(O)O)CCCCC1. The van der Waals surface area contributed by atoms with E-state index < -0.39 is 7.12 Å². The van der Waals surface area contributed by atoms with Crippen LogP contribution in [-0.2, 0) is 0 Å². The zero-order chi connectivity index (χ0) is 7.61. The molecule has 1 fully saturated rings. The Bertz CT molecular complexity index is 108. The maximum atomic E-state index is 8.99. The zero-order valence-electron chi connectivity index (χ0n) is 6.51. The monoisotopic (exact) mass is 142 g/mol. The van der Waals surface area contributed by atoms with Crippen LogP contribution in [-0.4, -0.2) is 17.2 Å². The highest BCUT2D eigenvalue weighted by Gasteiger charge is 2.37. The predicted molar refractivity (Wildman–Crippen MR) is 41.6 cm³/mol. The van der Waals surface area contributed by atoms with E-state index in [1.54, 1.807) is 0 Å². The topological polar surface area (TPSA) is 40.5 Å². The molecule has 0 amide bonds. The Morgan fingerprint density at radius 3 is 1.90 bits per heavy atom. The molecule has 2 N–H and O–H groups in total. The first kappa shape index (κ1) is 8.09. The second kappa shape index (κ2) is 2.93. The second-order valence-electron chi connectivity index (χ2n) is 3.59. The second-order valence-corrected chi connectivity index (χ2v) is 3.59. The van der Waals surface area contributed by atoms with Gasteiger partial charge in [0.05, 0.1) is 0 Å². The fourth-order valence-electron chi connectivity index (χ4n) is 1.62. The molecule has 0 radical (unpaired) electrons. The van der Waals surface area contributed by atoms with Gasteiger partial charge in [-0.1, -0.05) is 26.2 Å². The maximum Gasteiger partial charge on any atom is 0.457 e. The summed E-state index contributed by atoms with van der Waals surface area (Å²) in [6.45, 7) is 1.96. The predicted octanol–water partition coefficient (Wildman–Crippen LogP) is 1.18. The number of hydrogen-bond donors (Lipinski definition) is 2. The van der Waals surface area contributed by atoms with E-state index in [4.69, 9.17) is 10.0 Å². The van der Waals surface area contributed by atoms with E-state index >= 15 is 0 Å². The van der Waals surface area contributed by atoms with Gasteiger partial charge < -0.3 is 10.0 Å². The molecule has 0 unspecified atom stereocenters. The van der Waals surface area contributed by atoms with E-state index in [1.807, 2.05) is 6.92 Å². The molecule has 2 nitrogen and oxygen atoms in total. The third kappa shape index (κ3) is 1.52. The molecule has 58 valence electrons. The molecule has 0 aliphatic heterocycles. The van der Waals surface area contributed by atoms with Crippen LogP contribution in [0.5, 0.6) is 0 Å². The van der Waals surface area contributed by atoms with Crippen LogP contribution in [0.4, 0.5) is 0 Å². The summed E-state index contributed by atoms with van der Waals surface area (Å²) < 4.78 is 0. The van der Waals surface area contributed by atoms with E-state index in [-0.39, 0.29) is 5.31 Å². The van der Waals surface area contributed by atoms with Crippen molar-refractivity contribution >= 4 is 7.12 Å². The summed E-state index contributed by atoms with van der Waals surface area (Å²) in [7, 11) is -1.12. The van der Waals surface area contributed by atoms with Crippen LogP contribution >= 0.6 is 0 Å². The lowest BCUT2D eigenvalue weighted by atomic mass is 9.53. The van der Waals surface area contributed by atoms with Crippen molar-refractivity contribution in [2.24, 2.45) is 0 Å². The maximum absolute atomic E-state index is 8.99. The first-order valence-corrected chi connectivity index (χ1v) is 4.01. The van der Waals surface area contributed by atoms with E-state index in [0.717, 1.165) is 25.7 Å². The minimum Gasteiger partial charge on any atom is -0.427 e. The molecule has 3 heteroatoms. The molecular formula is C7H15BO2. The zero-order valence-corrected chi connectivity index (χ0v) is 6.51. The fraction of sp³-hybridized carbons (Fsp3) is 1.00. The van der Waals surface area contributed by atoms with Crippen LogP contribution < -0.4 is 0 Å². The summed E-state index contributed by atoms with van der Waals surface area (Å²) in [4.78, 5) is 0. The van der Waals surface area contributed by atoms with Gasteiger partial charge in [-0.3, -0.25) is 0 Å². The summed E-state index contributed by atoms with van der Waals surface area (Å²) in [5, 5.41) is 17.8. The molecule has 1 aliphatic rings. The lowest BCUT2D eigenvalue weighted by Crippen LogP contribution is -2.32. The summed E-state index contributed by atoms with van der Waals surface area (Å²) in [6, 6.07) is 0. The molecule has 10 heavy (non-hydrogen) atoms. The van der Waals surface area contributed by atoms with Crippen molar-refractivity contribution in [2.45, 2.75) is 44.3 Å². The Morgan fingerprint density at radius 1 is 1.10 bits per heavy atom. The Balaban J connectivity index is 2.48. The Hall–Kier alpha value is -0.0151. The highest BCUT2D eigenvalue weighted by atomic mass is 16.4. The highest BCUT2D eigenvalue weighted by Crippen LogP contribution is 2.43. The smallest absolute Gasteiger partial charge is 0.427 e. The van der Waals surface area contributed by atoms with Gasteiger partial charge in [0.2, 0.25) is 0 Å². The van der Waals surface area contributed by atoms with Gasteiger partial charge in [0.25, 0.3) is 0 Å². The summed E-state index contributed by atoms with van der Waals surface area (Å²) in [6.07, 6.45) is 5.47. The van der Waals surface area contributed by atoms with Gasteiger partial charge in [0, 0.05) is 5.31 Å². The van der Waals surface area contributed by atoms with Gasteiger partial charge in [-0.25, -0.2) is 0 Å². The molecule has 0 aromatic rings. The van der Waals surface area contributed by atoms with Crippen LogP contribution in [0.15, 0.2) is 0 Å². The van der Waals surface area contributed by atoms with Crippen molar-refractivity contribution in [1.29, 1.82) is 0 Å². The van der Waals surface area contributed by atoms with Crippen LogP contribution in [0.1, 0.15) is 39.0 Å². The average molecular weight is 142 g/mol. The Kier molecular flexibility index (Phi) is 2.37. The summed E-state index contributed by atoms with van der Waals surface area (Å²) >= 11 is 0. The van der Waals surface area contributed by atoms with Crippen molar-refractivity contribution in [3.63, 3.8) is 0 Å². The Labute approximate surface area is 62.4 Å². The summed E-state index contributed by atoms with van der Waals surface area (Å²) in [5.74, 6) is 0. The number of hydrogen-bond acceptors (Lipinski definition) is 2. The Morgan fingerprint density at radius 2 is 1.60 bits per heavy atom. The molecule has 0 atom stereocenters. The molecule has 1 saturated carbocycles. The number of rotatable bonds is 1. The van der Waals surface area contributed by atoms with Crippen LogP contribution in [0.2, 0.25) is 5.31 Å². The molecule has 0 aromatic heterocycles. The van der Waals surface area contributed by atoms with E-state index in [0.29, 0.717) is 0 Å². The minimum absolute atomic E-state index is 0.210. The van der Waals surface area contributed by atoms with E-state index in [9.17, 15) is 0 Å². The van der Waals surface area contributed by atoms with E-state index in [2.05, 4.69) is 0 Å². The third-order valence-electron chi connectivity index (χ3n) is 2.62. The highest BCUT2D eigenvalue weighted by molar-refractivity contribution is 6.45. The molecular weight excluding hydrogens is 127 g/mol. The van der Waals surface area contributed by atoms with Gasteiger partial charge >= 0.3 is 7.12 Å². The molecule has 1 rings (SSSR count). The van der Waals surface area contributed by atoms with Crippen molar-refractivity contribution in [2.75, 3.05) is 0 Å². The van der Waals surface area contributed by atoms with Crippen LogP contribution in [0.3, 0.4) is 0 Å². The quantitative estimate of drug-likeness (QED) is 0.539. The average Bonchev–Trinajstić information content (AvgIpc) is 1.89. The summed E-state index contributed by atoms with van der Waals surface area (Å²) in [5.41, 5.74) is 0. The van der Waals surface area contributed by atoms with Gasteiger partial charge in [0.1, 0.15) is 0 Å². The van der Waals surface area contributed by atoms with Crippen molar-refractivity contribution in [3.8, 4) is 0 Å². The first-order valence-electron chi connectivity index (χ1n) is 4.01. The molecule has 0 aromatic carbocycles. The lowest BCUT2D eigenvalue weighted by Gasteiger charge is -2.32. The normalized spacial score (nSPS) is 24.3. The third-order valence-corrected chi connectivity index (χ3v) is 2.62. The van der Waals surface area contributed by atoms with Crippen molar-refractivity contribution < 1.29 is 10.0 Å². The van der Waals surface area contributed by atoms with Crippen LogP contribution in [0.25, 0.3) is 0 Å². The van der Waals surface area contributed by atoms with Crippen molar-refractivity contribution in [1.82, 2.24) is 0 Å². The molecule has 1 aliphatic carbocycles. The van der Waals surface area contributed by atoms with Crippen LogP contribution in [0, 0.1) is 0 Å².